The molecule has 1 N–H and O–H groups in total. The van der Waals surface area contributed by atoms with Crippen molar-refractivity contribution < 1.29 is 22.7 Å². The molecule has 0 fully saturated rings. The van der Waals surface area contributed by atoms with Gasteiger partial charge in [0.05, 0.1) is 18.2 Å². The van der Waals surface area contributed by atoms with Crippen molar-refractivity contribution in [2.45, 2.75) is 57.8 Å². The molecule has 0 saturated carbocycles. The second-order valence-electron chi connectivity index (χ2n) is 8.83. The summed E-state index contributed by atoms with van der Waals surface area (Å²) in [6.07, 6.45) is 1.24. The van der Waals surface area contributed by atoms with Gasteiger partial charge in [0.15, 0.2) is 0 Å². The number of nitrogens with zero attached hydrogens (tertiary/aromatic N) is 2. The van der Waals surface area contributed by atoms with Crippen molar-refractivity contribution in [1.29, 1.82) is 0 Å². The zero-order valence-electron chi connectivity index (χ0n) is 17.9. The maximum absolute atomic E-state index is 15.2. The van der Waals surface area contributed by atoms with Gasteiger partial charge in [0.2, 0.25) is 5.95 Å². The summed E-state index contributed by atoms with van der Waals surface area (Å²) in [4.78, 5) is 5.62. The number of aliphatic hydroxyl groups excluding tert-OH is 1. The Hall–Kier alpha value is -2.25. The predicted octanol–water partition coefficient (Wildman–Crippen LogP) is 4.93. The quantitative estimate of drug-likeness (QED) is 0.536. The Morgan fingerprint density at radius 1 is 1.23 bits per heavy atom. The number of aliphatic hydroxyl groups is 1. The SMILES string of the molecule is CCc1cc(F)c(C2C3=C(CC(C)N2CC(C)(F)CO)c2ccc(F)cc2C3)c(F)n1. The number of pyridine rings is 1. The van der Waals surface area contributed by atoms with Gasteiger partial charge in [-0.05, 0) is 73.6 Å². The molecule has 4 rings (SSSR count). The van der Waals surface area contributed by atoms with Gasteiger partial charge in [-0.1, -0.05) is 13.0 Å². The molecule has 7 heteroatoms. The number of hydrogen-bond donors (Lipinski definition) is 1. The first-order valence-corrected chi connectivity index (χ1v) is 10.6. The highest BCUT2D eigenvalue weighted by molar-refractivity contribution is 5.79. The lowest BCUT2D eigenvalue weighted by atomic mass is 9.84. The van der Waals surface area contributed by atoms with E-state index >= 15 is 8.78 Å². The third kappa shape index (κ3) is 3.89. The molecule has 0 bridgehead atoms. The van der Waals surface area contributed by atoms with E-state index in [4.69, 9.17) is 0 Å². The number of fused-ring (bicyclic) bond motifs is 2. The van der Waals surface area contributed by atoms with Gasteiger partial charge < -0.3 is 5.11 Å². The van der Waals surface area contributed by atoms with E-state index in [1.54, 1.807) is 17.9 Å². The average molecular weight is 434 g/mol. The first kappa shape index (κ1) is 22.0. The Morgan fingerprint density at radius 3 is 2.61 bits per heavy atom. The summed E-state index contributed by atoms with van der Waals surface area (Å²) >= 11 is 0. The fourth-order valence-corrected chi connectivity index (χ4v) is 4.84. The number of rotatable bonds is 5. The standard InChI is InChI=1S/C24H26F4N2O/c1-4-16-10-20(26)21(23(27)29-16)22-19-9-14-8-15(25)5-6-17(14)18(19)7-13(2)30(22)11-24(3,28)12-31/h5-6,8,10,13,22,31H,4,7,9,11-12H2,1-3H3. The van der Waals surface area contributed by atoms with Gasteiger partial charge in [-0.25, -0.2) is 18.2 Å². The van der Waals surface area contributed by atoms with Gasteiger partial charge in [0, 0.05) is 18.3 Å². The maximum Gasteiger partial charge on any atom is 0.221 e. The van der Waals surface area contributed by atoms with Gasteiger partial charge in [-0.3, -0.25) is 4.90 Å². The largest absolute Gasteiger partial charge is 0.393 e. The minimum absolute atomic E-state index is 0.203. The van der Waals surface area contributed by atoms with Crippen molar-refractivity contribution in [2.75, 3.05) is 13.2 Å². The van der Waals surface area contributed by atoms with Gasteiger partial charge in [0.1, 0.15) is 17.3 Å². The van der Waals surface area contributed by atoms with Crippen LogP contribution in [0.3, 0.4) is 0 Å². The van der Waals surface area contributed by atoms with E-state index in [-0.39, 0.29) is 24.0 Å². The molecule has 1 aromatic heterocycles. The summed E-state index contributed by atoms with van der Waals surface area (Å²) < 4.78 is 59.1. The number of aryl methyl sites for hydroxylation is 1. The highest BCUT2D eigenvalue weighted by Crippen LogP contribution is 2.50. The van der Waals surface area contributed by atoms with E-state index in [0.29, 0.717) is 25.0 Å². The zero-order valence-corrected chi connectivity index (χ0v) is 17.9. The highest BCUT2D eigenvalue weighted by atomic mass is 19.1. The number of benzene rings is 1. The van der Waals surface area contributed by atoms with E-state index in [9.17, 15) is 13.9 Å². The highest BCUT2D eigenvalue weighted by Gasteiger charge is 2.44. The molecule has 3 nitrogen and oxygen atoms in total. The Bertz CT molecular complexity index is 1030. The molecule has 1 aliphatic carbocycles. The molecule has 2 aliphatic rings. The zero-order chi connectivity index (χ0) is 22.5. The van der Waals surface area contributed by atoms with Crippen LogP contribution in [0.5, 0.6) is 0 Å². The third-order valence-corrected chi connectivity index (χ3v) is 6.38. The fourth-order valence-electron chi connectivity index (χ4n) is 4.84. The van der Waals surface area contributed by atoms with Crippen LogP contribution >= 0.6 is 0 Å². The summed E-state index contributed by atoms with van der Waals surface area (Å²) in [6.45, 7) is 3.98. The van der Waals surface area contributed by atoms with Crippen LogP contribution < -0.4 is 0 Å². The molecule has 2 aromatic rings. The van der Waals surface area contributed by atoms with Gasteiger partial charge in [-0.2, -0.15) is 4.39 Å². The molecule has 1 aromatic carbocycles. The molecular weight excluding hydrogens is 408 g/mol. The predicted molar refractivity (Wildman–Crippen MR) is 111 cm³/mol. The fraction of sp³-hybridized carbons (Fsp3) is 0.458. The normalized spacial score (nSPS) is 23.0. The summed E-state index contributed by atoms with van der Waals surface area (Å²) in [7, 11) is 0. The van der Waals surface area contributed by atoms with Crippen LogP contribution in [0.4, 0.5) is 17.6 Å². The Kier molecular flexibility index (Phi) is 5.68. The Morgan fingerprint density at radius 2 is 1.97 bits per heavy atom. The minimum atomic E-state index is -1.95. The first-order valence-electron chi connectivity index (χ1n) is 10.6. The summed E-state index contributed by atoms with van der Waals surface area (Å²) in [5.74, 6) is -2.02. The topological polar surface area (TPSA) is 36.4 Å². The van der Waals surface area contributed by atoms with Gasteiger partial charge in [0.25, 0.3) is 0 Å². The van der Waals surface area contributed by atoms with Crippen molar-refractivity contribution in [3.05, 3.63) is 69.8 Å². The van der Waals surface area contributed by atoms with E-state index in [0.717, 1.165) is 22.3 Å². The van der Waals surface area contributed by atoms with Crippen LogP contribution in [-0.4, -0.2) is 39.9 Å². The Labute approximate surface area is 179 Å². The molecule has 3 atom stereocenters. The van der Waals surface area contributed by atoms with Crippen LogP contribution in [0.25, 0.3) is 5.57 Å². The van der Waals surface area contributed by atoms with E-state index in [1.165, 1.54) is 25.1 Å². The number of aromatic nitrogens is 1. The number of alkyl halides is 1. The molecular formula is C24H26F4N2O. The van der Waals surface area contributed by atoms with Crippen molar-refractivity contribution >= 4 is 5.57 Å². The lowest BCUT2D eigenvalue weighted by Gasteiger charge is -2.44. The van der Waals surface area contributed by atoms with Gasteiger partial charge >= 0.3 is 0 Å². The summed E-state index contributed by atoms with van der Waals surface area (Å²) in [6, 6.07) is 4.59. The number of hydrogen-bond acceptors (Lipinski definition) is 3. The molecule has 0 spiro atoms. The minimum Gasteiger partial charge on any atom is -0.393 e. The van der Waals surface area contributed by atoms with Crippen LogP contribution in [0.1, 0.15) is 55.6 Å². The molecule has 0 amide bonds. The first-order chi connectivity index (χ1) is 14.6. The molecule has 2 heterocycles. The summed E-state index contributed by atoms with van der Waals surface area (Å²) in [5.41, 5.74) is 1.41. The molecule has 1 aliphatic heterocycles. The van der Waals surface area contributed by atoms with Crippen LogP contribution in [-0.2, 0) is 12.8 Å². The third-order valence-electron chi connectivity index (χ3n) is 6.38. The average Bonchev–Trinajstić information content (AvgIpc) is 3.06. The molecule has 31 heavy (non-hydrogen) atoms. The Balaban J connectivity index is 1.89. The van der Waals surface area contributed by atoms with E-state index < -0.39 is 30.1 Å². The smallest absolute Gasteiger partial charge is 0.221 e. The maximum atomic E-state index is 15.2. The van der Waals surface area contributed by atoms with E-state index in [2.05, 4.69) is 4.98 Å². The van der Waals surface area contributed by atoms with Crippen LogP contribution in [0.2, 0.25) is 0 Å². The second-order valence-corrected chi connectivity index (χ2v) is 8.83. The van der Waals surface area contributed by atoms with Crippen molar-refractivity contribution in [3.63, 3.8) is 0 Å². The number of halogens is 4. The molecule has 0 saturated heterocycles. The van der Waals surface area contributed by atoms with Crippen molar-refractivity contribution in [2.24, 2.45) is 0 Å². The summed E-state index contributed by atoms with van der Waals surface area (Å²) in [5, 5.41) is 9.49. The van der Waals surface area contributed by atoms with Crippen LogP contribution in [0.15, 0.2) is 29.8 Å². The van der Waals surface area contributed by atoms with Crippen LogP contribution in [0, 0.1) is 17.6 Å². The lowest BCUT2D eigenvalue weighted by Crippen LogP contribution is -2.49. The molecule has 166 valence electrons. The molecule has 0 radical (unpaired) electrons. The lowest BCUT2D eigenvalue weighted by molar-refractivity contribution is 0.0179. The van der Waals surface area contributed by atoms with Crippen molar-refractivity contribution in [1.82, 2.24) is 9.88 Å². The van der Waals surface area contributed by atoms with Gasteiger partial charge in [-0.15, -0.1) is 0 Å². The molecule has 3 unspecified atom stereocenters. The van der Waals surface area contributed by atoms with E-state index in [1.807, 2.05) is 6.92 Å². The monoisotopic (exact) mass is 434 g/mol. The van der Waals surface area contributed by atoms with Crippen molar-refractivity contribution in [3.8, 4) is 0 Å². The second kappa shape index (κ2) is 8.02.